The van der Waals surface area contributed by atoms with Crippen LogP contribution in [-0.2, 0) is 14.4 Å². The highest BCUT2D eigenvalue weighted by atomic mass is 16.2. The third-order valence-corrected chi connectivity index (χ3v) is 3.01. The Hall–Kier alpha value is -1.43. The van der Waals surface area contributed by atoms with E-state index in [1.165, 1.54) is 6.92 Å². The van der Waals surface area contributed by atoms with E-state index in [-0.39, 0.29) is 30.2 Å². The quantitative estimate of drug-likeness (QED) is 0.537. The number of rotatable bonds is 3. The third kappa shape index (κ3) is 1.41. The van der Waals surface area contributed by atoms with E-state index in [2.05, 4.69) is 0 Å². The van der Waals surface area contributed by atoms with E-state index in [0.29, 0.717) is 6.42 Å². The minimum absolute atomic E-state index is 0.118. The molecule has 1 saturated heterocycles. The number of hydrogen-bond acceptors (Lipinski definition) is 4. The van der Waals surface area contributed by atoms with Gasteiger partial charge in [-0.25, -0.2) is 0 Å². The van der Waals surface area contributed by atoms with Gasteiger partial charge in [-0.1, -0.05) is 0 Å². The topological polar surface area (TPSA) is 106 Å². The predicted molar refractivity (Wildman–Crippen MR) is 50.1 cm³/mol. The Bertz CT molecular complexity index is 344. The maximum Gasteiger partial charge on any atom is 0.239 e. The summed E-state index contributed by atoms with van der Waals surface area (Å²) in [4.78, 5) is 35.1. The molecule has 1 aliphatic carbocycles. The zero-order valence-electron chi connectivity index (χ0n) is 8.40. The molecular weight excluding hydrogens is 198 g/mol. The largest absolute Gasteiger partial charge is 0.368 e. The van der Waals surface area contributed by atoms with Crippen molar-refractivity contribution in [2.75, 3.05) is 6.54 Å². The first-order valence-corrected chi connectivity index (χ1v) is 4.78. The summed E-state index contributed by atoms with van der Waals surface area (Å²) >= 11 is 0. The minimum Gasteiger partial charge on any atom is -0.368 e. The van der Waals surface area contributed by atoms with Crippen LogP contribution in [0.3, 0.4) is 0 Å². The van der Waals surface area contributed by atoms with Crippen LogP contribution in [0.2, 0.25) is 0 Å². The van der Waals surface area contributed by atoms with Gasteiger partial charge in [0.2, 0.25) is 17.7 Å². The molecule has 15 heavy (non-hydrogen) atoms. The zero-order chi connectivity index (χ0) is 11.4. The van der Waals surface area contributed by atoms with Gasteiger partial charge in [0, 0.05) is 0 Å². The molecule has 0 bridgehead atoms. The smallest absolute Gasteiger partial charge is 0.239 e. The van der Waals surface area contributed by atoms with E-state index in [9.17, 15) is 14.4 Å². The zero-order valence-corrected chi connectivity index (χ0v) is 8.40. The molecule has 0 aromatic carbocycles. The number of nitrogens with zero attached hydrogens (tertiary/aromatic N) is 1. The molecule has 0 radical (unpaired) electrons. The Labute approximate surface area is 86.6 Å². The van der Waals surface area contributed by atoms with E-state index in [1.54, 1.807) is 0 Å². The molecule has 3 unspecified atom stereocenters. The van der Waals surface area contributed by atoms with Gasteiger partial charge < -0.3 is 11.5 Å². The molecule has 4 N–H and O–H groups in total. The molecule has 6 heteroatoms. The molecule has 0 aromatic heterocycles. The summed E-state index contributed by atoms with van der Waals surface area (Å²) in [6, 6.07) is 0. The van der Waals surface area contributed by atoms with Gasteiger partial charge in [0.05, 0.1) is 18.4 Å². The molecule has 3 amide bonds. The van der Waals surface area contributed by atoms with Gasteiger partial charge in [-0.3, -0.25) is 19.3 Å². The van der Waals surface area contributed by atoms with Gasteiger partial charge in [-0.15, -0.1) is 0 Å². The summed E-state index contributed by atoms with van der Waals surface area (Å²) < 4.78 is 0. The minimum atomic E-state index is -1.35. The normalized spacial score (nSPS) is 32.5. The molecule has 0 aromatic rings. The van der Waals surface area contributed by atoms with Crippen molar-refractivity contribution >= 4 is 17.7 Å². The molecule has 3 atom stereocenters. The number of hydrogen-bond donors (Lipinski definition) is 2. The first-order valence-electron chi connectivity index (χ1n) is 4.78. The first kappa shape index (κ1) is 10.1. The fourth-order valence-electron chi connectivity index (χ4n) is 1.81. The lowest BCUT2D eigenvalue weighted by molar-refractivity contribution is -0.142. The number of primary amides is 1. The monoisotopic (exact) mass is 211 g/mol. The number of nitrogens with two attached hydrogens (primary N) is 2. The fraction of sp³-hybridized carbons (Fsp3) is 0.667. The van der Waals surface area contributed by atoms with Crippen molar-refractivity contribution in [1.82, 2.24) is 4.90 Å². The van der Waals surface area contributed by atoms with Crippen molar-refractivity contribution < 1.29 is 14.4 Å². The predicted octanol–water partition coefficient (Wildman–Crippen LogP) is -1.81. The van der Waals surface area contributed by atoms with Gasteiger partial charge in [0.15, 0.2) is 0 Å². The second-order valence-corrected chi connectivity index (χ2v) is 4.49. The fourth-order valence-corrected chi connectivity index (χ4v) is 1.81. The average Bonchev–Trinajstić information content (AvgIpc) is 2.86. The number of piperidine rings is 1. The lowest BCUT2D eigenvalue weighted by Gasteiger charge is -2.26. The molecule has 1 aliphatic heterocycles. The summed E-state index contributed by atoms with van der Waals surface area (Å²) in [5.41, 5.74) is 9.33. The molecule has 2 rings (SSSR count). The van der Waals surface area contributed by atoms with E-state index in [4.69, 9.17) is 11.5 Å². The number of carbonyl (C=O) groups is 3. The summed E-state index contributed by atoms with van der Waals surface area (Å²) in [7, 11) is 0. The highest BCUT2D eigenvalue weighted by molar-refractivity contribution is 6.09. The summed E-state index contributed by atoms with van der Waals surface area (Å²) in [5, 5.41) is 0. The Kier molecular flexibility index (Phi) is 1.88. The first-order chi connectivity index (χ1) is 6.84. The molecule has 0 spiro atoms. The van der Waals surface area contributed by atoms with Crippen LogP contribution in [0, 0.1) is 11.8 Å². The van der Waals surface area contributed by atoms with Crippen LogP contribution >= 0.6 is 0 Å². The Morgan fingerprint density at radius 2 is 1.93 bits per heavy atom. The molecular formula is C9H13N3O3. The SMILES string of the molecule is CC(N)(CN1C(=O)C2CC2C1=O)C(N)=O. The van der Waals surface area contributed by atoms with Crippen LogP contribution in [-0.4, -0.2) is 34.7 Å². The second-order valence-electron chi connectivity index (χ2n) is 4.49. The number of imide groups is 1. The number of amides is 3. The molecule has 1 heterocycles. The molecule has 82 valence electrons. The van der Waals surface area contributed by atoms with Crippen molar-refractivity contribution in [3.63, 3.8) is 0 Å². The summed E-state index contributed by atoms with van der Waals surface area (Å²) in [6.07, 6.45) is 0.645. The van der Waals surface area contributed by atoms with E-state index in [0.717, 1.165) is 4.90 Å². The summed E-state index contributed by atoms with van der Waals surface area (Å²) in [6.45, 7) is 1.30. The summed E-state index contributed by atoms with van der Waals surface area (Å²) in [5.74, 6) is -1.49. The Balaban J connectivity index is 2.10. The number of likely N-dealkylation sites (tertiary alicyclic amines) is 1. The van der Waals surface area contributed by atoms with Crippen molar-refractivity contribution in [1.29, 1.82) is 0 Å². The highest BCUT2D eigenvalue weighted by Crippen LogP contribution is 2.47. The van der Waals surface area contributed by atoms with Gasteiger partial charge in [-0.05, 0) is 13.3 Å². The van der Waals surface area contributed by atoms with Crippen molar-refractivity contribution in [3.8, 4) is 0 Å². The van der Waals surface area contributed by atoms with Gasteiger partial charge in [0.1, 0.15) is 5.54 Å². The maximum atomic E-state index is 11.6. The molecule has 6 nitrogen and oxygen atoms in total. The van der Waals surface area contributed by atoms with Crippen LogP contribution in [0.5, 0.6) is 0 Å². The lowest BCUT2D eigenvalue weighted by atomic mass is 10.0. The van der Waals surface area contributed by atoms with Crippen LogP contribution in [0.15, 0.2) is 0 Å². The number of fused-ring (bicyclic) bond motifs is 1. The van der Waals surface area contributed by atoms with Crippen LogP contribution in [0.1, 0.15) is 13.3 Å². The third-order valence-electron chi connectivity index (χ3n) is 3.01. The molecule has 2 aliphatic rings. The highest BCUT2D eigenvalue weighted by Gasteiger charge is 2.59. The van der Waals surface area contributed by atoms with Gasteiger partial charge in [0.25, 0.3) is 0 Å². The van der Waals surface area contributed by atoms with Crippen molar-refractivity contribution in [2.24, 2.45) is 23.3 Å². The van der Waals surface area contributed by atoms with Crippen LogP contribution in [0.25, 0.3) is 0 Å². The van der Waals surface area contributed by atoms with Crippen LogP contribution < -0.4 is 11.5 Å². The Morgan fingerprint density at radius 3 is 2.33 bits per heavy atom. The van der Waals surface area contributed by atoms with Crippen molar-refractivity contribution in [2.45, 2.75) is 18.9 Å². The van der Waals surface area contributed by atoms with Gasteiger partial charge in [-0.2, -0.15) is 0 Å². The van der Waals surface area contributed by atoms with E-state index in [1.807, 2.05) is 0 Å². The van der Waals surface area contributed by atoms with Gasteiger partial charge >= 0.3 is 0 Å². The second kappa shape index (κ2) is 2.79. The van der Waals surface area contributed by atoms with E-state index >= 15 is 0 Å². The maximum absolute atomic E-state index is 11.6. The standard InChI is InChI=1S/C9H13N3O3/c1-9(11,8(10)15)3-12-6(13)4-2-5(4)7(12)14/h4-5H,2-3,11H2,1H3,(H2,10,15). The lowest BCUT2D eigenvalue weighted by Crippen LogP contribution is -2.58. The van der Waals surface area contributed by atoms with Crippen molar-refractivity contribution in [3.05, 3.63) is 0 Å². The molecule has 1 saturated carbocycles. The van der Waals surface area contributed by atoms with E-state index < -0.39 is 11.4 Å². The Morgan fingerprint density at radius 1 is 1.47 bits per heavy atom. The average molecular weight is 211 g/mol. The van der Waals surface area contributed by atoms with Crippen LogP contribution in [0.4, 0.5) is 0 Å². The molecule has 2 fully saturated rings. The number of carbonyl (C=O) groups excluding carboxylic acids is 3.